The molecule has 11 nitrogen and oxygen atoms in total. The Hall–Kier alpha value is -3.54. The van der Waals surface area contributed by atoms with Crippen molar-refractivity contribution in [2.75, 3.05) is 6.26 Å². The first kappa shape index (κ1) is 45.5. The largest absolute Gasteiger partial charge is 0.481 e. The van der Waals surface area contributed by atoms with E-state index in [0.717, 1.165) is 62.3 Å². The first-order chi connectivity index (χ1) is 28.0. The van der Waals surface area contributed by atoms with E-state index in [9.17, 15) is 37.5 Å². The lowest BCUT2D eigenvalue weighted by Gasteiger charge is -2.72. The van der Waals surface area contributed by atoms with Gasteiger partial charge in [0.15, 0.2) is 15.6 Å². The van der Waals surface area contributed by atoms with Gasteiger partial charge in [0.1, 0.15) is 11.6 Å². The average Bonchev–Trinajstić information content (AvgIpc) is 3.43. The number of hydrogen-bond acceptors (Lipinski definition) is 8. The van der Waals surface area contributed by atoms with E-state index in [-0.39, 0.29) is 74.1 Å². The molecule has 6 aliphatic carbocycles. The van der Waals surface area contributed by atoms with Crippen LogP contribution >= 0.6 is 0 Å². The number of carboxylic acids is 1. The van der Waals surface area contributed by atoms with Gasteiger partial charge in [-0.05, 0) is 152 Å². The van der Waals surface area contributed by atoms with Crippen LogP contribution in [0.4, 0.5) is 0 Å². The van der Waals surface area contributed by atoms with E-state index in [4.69, 9.17) is 4.74 Å². The van der Waals surface area contributed by atoms with Crippen molar-refractivity contribution in [3.05, 3.63) is 41.0 Å². The topological polar surface area (TPSA) is 173 Å². The zero-order valence-corrected chi connectivity index (χ0v) is 39.4. The number of esters is 1. The molecule has 3 N–H and O–H groups in total. The molecular formula is C49H70N2O9S. The van der Waals surface area contributed by atoms with Crippen LogP contribution in [-0.4, -0.2) is 66.5 Å². The van der Waals surface area contributed by atoms with E-state index in [1.165, 1.54) is 24.3 Å². The molecule has 1 unspecified atom stereocenters. The molecule has 7 rings (SSSR count). The minimum Gasteiger partial charge on any atom is -0.481 e. The monoisotopic (exact) mass is 862 g/mol. The molecule has 1 aromatic rings. The Morgan fingerprint density at radius 1 is 0.820 bits per heavy atom. The lowest BCUT2D eigenvalue weighted by Crippen LogP contribution is -2.68. The van der Waals surface area contributed by atoms with Crippen molar-refractivity contribution in [3.8, 4) is 0 Å². The van der Waals surface area contributed by atoms with Gasteiger partial charge in [-0.2, -0.15) is 0 Å². The third-order valence-corrected chi connectivity index (χ3v) is 19.5. The Kier molecular flexibility index (Phi) is 10.8. The number of rotatable bonds is 9. The van der Waals surface area contributed by atoms with Gasteiger partial charge in [0.2, 0.25) is 5.91 Å². The molecular weight excluding hydrogens is 793 g/mol. The summed E-state index contributed by atoms with van der Waals surface area (Å²) in [5.74, 6) is -2.08. The number of sulfone groups is 1. The second kappa shape index (κ2) is 14.5. The molecule has 10 atom stereocenters. The SMILES string of the molecule is CC(C)C1=C2[C@H]3CC[C@@H]4[C@@]5(C)CC[C@H](OC(=O)C6C[C@@H](C(=O)O)C6(C)C)C(C)(C)[C@@H]5CC[C@@]4(C)[C@]3(C)CC[C@@]2(NC(=O)C(C)(C)NC(=O)c2ccc(S(C)(=O)=O)cc2)CC1=O. The number of aliphatic carboxylic acids is 1. The van der Waals surface area contributed by atoms with E-state index in [0.29, 0.717) is 24.7 Å². The molecule has 0 bridgehead atoms. The number of hydrogen-bond donors (Lipinski definition) is 3. The van der Waals surface area contributed by atoms with Crippen molar-refractivity contribution in [2.24, 2.45) is 62.6 Å². The zero-order chi connectivity index (χ0) is 45.3. The van der Waals surface area contributed by atoms with Gasteiger partial charge in [-0.15, -0.1) is 0 Å². The molecule has 0 saturated heterocycles. The highest BCUT2D eigenvalue weighted by atomic mass is 32.2. The summed E-state index contributed by atoms with van der Waals surface area (Å²) in [6.07, 6.45) is 8.43. The molecule has 2 amide bonds. The number of carboxylic acid groups (broad SMARTS) is 1. The summed E-state index contributed by atoms with van der Waals surface area (Å²) in [7, 11) is -3.44. The normalized spacial score (nSPS) is 37.6. The van der Waals surface area contributed by atoms with Gasteiger partial charge in [0.05, 0.1) is 22.3 Å². The number of fused-ring (bicyclic) bond motifs is 7. The maximum atomic E-state index is 14.4. The molecule has 0 radical (unpaired) electrons. The number of carbonyl (C=O) groups is 5. The number of amides is 2. The maximum absolute atomic E-state index is 14.4. The molecule has 336 valence electrons. The fourth-order valence-corrected chi connectivity index (χ4v) is 15.2. The molecule has 6 aliphatic rings. The highest BCUT2D eigenvalue weighted by Gasteiger charge is 2.71. The van der Waals surface area contributed by atoms with Gasteiger partial charge in [-0.1, -0.05) is 62.3 Å². The predicted molar refractivity (Wildman–Crippen MR) is 232 cm³/mol. The molecule has 61 heavy (non-hydrogen) atoms. The first-order valence-corrected chi connectivity index (χ1v) is 24.5. The zero-order valence-electron chi connectivity index (χ0n) is 38.5. The highest BCUT2D eigenvalue weighted by Crippen LogP contribution is 2.76. The van der Waals surface area contributed by atoms with Crippen LogP contribution in [0.2, 0.25) is 0 Å². The average molecular weight is 863 g/mol. The molecule has 1 aromatic carbocycles. The van der Waals surface area contributed by atoms with E-state index >= 15 is 0 Å². The quantitative estimate of drug-likeness (QED) is 0.207. The summed E-state index contributed by atoms with van der Waals surface area (Å²) in [5, 5.41) is 15.9. The summed E-state index contributed by atoms with van der Waals surface area (Å²) in [5.41, 5.74) is -1.15. The van der Waals surface area contributed by atoms with Gasteiger partial charge in [-0.3, -0.25) is 24.0 Å². The van der Waals surface area contributed by atoms with Crippen LogP contribution in [-0.2, 0) is 33.8 Å². The summed E-state index contributed by atoms with van der Waals surface area (Å²) in [6, 6.07) is 5.64. The summed E-state index contributed by atoms with van der Waals surface area (Å²) < 4.78 is 30.4. The Labute approximate surface area is 363 Å². The Balaban J connectivity index is 1.12. The van der Waals surface area contributed by atoms with Crippen molar-refractivity contribution in [2.45, 2.75) is 162 Å². The molecule has 5 saturated carbocycles. The molecule has 0 aromatic heterocycles. The van der Waals surface area contributed by atoms with Gasteiger partial charge in [0, 0.05) is 23.7 Å². The van der Waals surface area contributed by atoms with Crippen molar-refractivity contribution in [1.29, 1.82) is 0 Å². The van der Waals surface area contributed by atoms with E-state index < -0.39 is 50.0 Å². The first-order valence-electron chi connectivity index (χ1n) is 22.6. The number of ketones is 1. The fraction of sp³-hybridized carbons (Fsp3) is 0.735. The van der Waals surface area contributed by atoms with Crippen molar-refractivity contribution >= 4 is 39.4 Å². The molecule has 0 heterocycles. The van der Waals surface area contributed by atoms with Crippen molar-refractivity contribution in [1.82, 2.24) is 10.6 Å². The van der Waals surface area contributed by atoms with Crippen LogP contribution in [0.15, 0.2) is 40.3 Å². The summed E-state index contributed by atoms with van der Waals surface area (Å²) in [6.45, 7) is 23.2. The third kappa shape index (κ3) is 6.84. The van der Waals surface area contributed by atoms with E-state index in [1.807, 2.05) is 13.8 Å². The number of Topliss-reactive ketones (excluding diaryl/α,β-unsaturated/α-hetero) is 1. The Bertz CT molecular complexity index is 2190. The maximum Gasteiger partial charge on any atom is 0.309 e. The molecule has 12 heteroatoms. The third-order valence-electron chi connectivity index (χ3n) is 18.4. The Morgan fingerprint density at radius 3 is 2.03 bits per heavy atom. The van der Waals surface area contributed by atoms with Gasteiger partial charge in [-0.25, -0.2) is 8.42 Å². The van der Waals surface area contributed by atoms with E-state index in [1.54, 1.807) is 13.8 Å². The predicted octanol–water partition coefficient (Wildman–Crippen LogP) is 8.11. The second-order valence-electron chi connectivity index (χ2n) is 22.9. The van der Waals surface area contributed by atoms with Crippen LogP contribution in [0.3, 0.4) is 0 Å². The number of ether oxygens (including phenoxy) is 1. The number of carbonyl (C=O) groups excluding carboxylic acids is 4. The minimum absolute atomic E-state index is 0.00557. The van der Waals surface area contributed by atoms with Crippen LogP contribution in [0.5, 0.6) is 0 Å². The summed E-state index contributed by atoms with van der Waals surface area (Å²) >= 11 is 0. The molecule has 0 aliphatic heterocycles. The Morgan fingerprint density at radius 2 is 1.46 bits per heavy atom. The molecule has 0 spiro atoms. The van der Waals surface area contributed by atoms with Crippen LogP contribution < -0.4 is 10.6 Å². The summed E-state index contributed by atoms with van der Waals surface area (Å²) in [4.78, 5) is 67.6. The number of nitrogens with one attached hydrogen (secondary N) is 2. The minimum atomic E-state index is -3.44. The number of allylic oxidation sites excluding steroid dienone is 1. The van der Waals surface area contributed by atoms with E-state index in [2.05, 4.69) is 59.1 Å². The van der Waals surface area contributed by atoms with Gasteiger partial charge in [0.25, 0.3) is 5.91 Å². The van der Waals surface area contributed by atoms with Crippen molar-refractivity contribution < 1.29 is 42.2 Å². The molecule has 5 fully saturated rings. The fourth-order valence-electron chi connectivity index (χ4n) is 14.5. The highest BCUT2D eigenvalue weighted by molar-refractivity contribution is 7.90. The standard InChI is InChI=1S/C49H70N2O9S/c1-27(2)37-33(52)26-49(51-42(57)45(7,8)50-39(53)28-13-15-29(16-14-28)61(12,58)59)24-23-47(10)30(38(37)49)17-18-35-46(9)21-20-36(44(5,6)34(46)19-22-48(35,47)11)60-41(56)32-25-31(40(54)55)43(32,3)4/h13-16,27,30-32,34-36H,17-26H2,1-12H3,(H,50,53)(H,51,57)(H,54,55)/t30-,31+,32?,34+,35-,36+,46+,47-,48-,49-/m1/s1. The smallest absolute Gasteiger partial charge is 0.309 e. The lowest BCUT2D eigenvalue weighted by atomic mass is 9.33. The lowest BCUT2D eigenvalue weighted by molar-refractivity contribution is -0.235. The second-order valence-corrected chi connectivity index (χ2v) is 24.9. The van der Waals surface area contributed by atoms with Gasteiger partial charge >= 0.3 is 11.9 Å². The van der Waals surface area contributed by atoms with Crippen LogP contribution in [0.25, 0.3) is 0 Å². The van der Waals surface area contributed by atoms with Crippen LogP contribution in [0, 0.1) is 62.6 Å². The number of benzene rings is 1. The van der Waals surface area contributed by atoms with Crippen molar-refractivity contribution in [3.63, 3.8) is 0 Å². The van der Waals surface area contributed by atoms with Gasteiger partial charge < -0.3 is 20.5 Å². The van der Waals surface area contributed by atoms with Crippen LogP contribution in [0.1, 0.15) is 151 Å².